The first-order valence-electron chi connectivity index (χ1n) is 10.0. The molecule has 0 bridgehead atoms. The summed E-state index contributed by atoms with van der Waals surface area (Å²) in [7, 11) is 0. The maximum absolute atomic E-state index is 6.34. The largest absolute Gasteiger partial charge is 0.492 e. The summed E-state index contributed by atoms with van der Waals surface area (Å²) in [6.07, 6.45) is 5.38. The Balaban J connectivity index is 2.26. The number of hydrogen-bond donors (Lipinski definition) is 0. The smallest absolute Gasteiger partial charge is 0.135 e. The lowest BCUT2D eigenvalue weighted by Crippen LogP contribution is -2.03. The average molecular weight is 351 g/mol. The SMILES string of the molecule is CCCCOc1c2ccccc2c(OCCCC)c2c(CC)cccc12. The minimum atomic E-state index is 0.752. The molecule has 0 N–H and O–H groups in total. The van der Waals surface area contributed by atoms with Crippen molar-refractivity contribution in [1.82, 2.24) is 0 Å². The molecule has 0 amide bonds. The fraction of sp³-hybridized carbons (Fsp3) is 0.417. The van der Waals surface area contributed by atoms with Crippen molar-refractivity contribution in [3.63, 3.8) is 0 Å². The van der Waals surface area contributed by atoms with Gasteiger partial charge in [0.25, 0.3) is 0 Å². The van der Waals surface area contributed by atoms with Crippen LogP contribution in [0.2, 0.25) is 0 Å². The number of rotatable bonds is 9. The van der Waals surface area contributed by atoms with Crippen LogP contribution in [0.25, 0.3) is 21.5 Å². The molecule has 3 aromatic rings. The van der Waals surface area contributed by atoms with Gasteiger partial charge in [0.1, 0.15) is 11.5 Å². The minimum Gasteiger partial charge on any atom is -0.492 e. The monoisotopic (exact) mass is 350 g/mol. The maximum atomic E-state index is 6.34. The van der Waals surface area contributed by atoms with Crippen molar-refractivity contribution in [1.29, 1.82) is 0 Å². The molecule has 2 nitrogen and oxygen atoms in total. The molecule has 0 heterocycles. The van der Waals surface area contributed by atoms with Crippen LogP contribution in [0.1, 0.15) is 52.0 Å². The Morgan fingerprint density at radius 2 is 1.23 bits per heavy atom. The predicted molar refractivity (Wildman–Crippen MR) is 112 cm³/mol. The van der Waals surface area contributed by atoms with Crippen LogP contribution in [0.4, 0.5) is 0 Å². The van der Waals surface area contributed by atoms with Crippen molar-refractivity contribution in [2.24, 2.45) is 0 Å². The number of benzene rings is 3. The zero-order valence-corrected chi connectivity index (χ0v) is 16.3. The first-order valence-corrected chi connectivity index (χ1v) is 10.0. The third-order valence-corrected chi connectivity index (χ3v) is 4.91. The van der Waals surface area contributed by atoms with Crippen molar-refractivity contribution in [2.45, 2.75) is 52.9 Å². The van der Waals surface area contributed by atoms with Gasteiger partial charge in [0.2, 0.25) is 0 Å². The zero-order chi connectivity index (χ0) is 18.4. The van der Waals surface area contributed by atoms with E-state index in [0.29, 0.717) is 0 Å². The molecule has 0 saturated carbocycles. The highest BCUT2D eigenvalue weighted by Crippen LogP contribution is 2.44. The van der Waals surface area contributed by atoms with Gasteiger partial charge in [-0.1, -0.05) is 76.1 Å². The molecule has 0 unspecified atom stereocenters. The first-order chi connectivity index (χ1) is 12.8. The van der Waals surface area contributed by atoms with Crippen LogP contribution >= 0.6 is 0 Å². The van der Waals surface area contributed by atoms with Gasteiger partial charge in [-0.25, -0.2) is 0 Å². The van der Waals surface area contributed by atoms with Crippen molar-refractivity contribution in [3.8, 4) is 11.5 Å². The molecule has 3 rings (SSSR count). The van der Waals surface area contributed by atoms with E-state index in [0.717, 1.165) is 67.6 Å². The second-order valence-electron chi connectivity index (χ2n) is 6.80. The Morgan fingerprint density at radius 1 is 0.654 bits per heavy atom. The van der Waals surface area contributed by atoms with Crippen LogP contribution in [0.5, 0.6) is 11.5 Å². The Morgan fingerprint density at radius 3 is 1.85 bits per heavy atom. The second-order valence-corrected chi connectivity index (χ2v) is 6.80. The Bertz CT molecular complexity index is 867. The summed E-state index contributed by atoms with van der Waals surface area (Å²) in [6, 6.07) is 15.0. The van der Waals surface area contributed by atoms with Crippen molar-refractivity contribution >= 4 is 21.5 Å². The van der Waals surface area contributed by atoms with E-state index in [1.807, 2.05) is 0 Å². The molecular weight excluding hydrogens is 320 g/mol. The second kappa shape index (κ2) is 8.93. The van der Waals surface area contributed by atoms with Gasteiger partial charge in [-0.15, -0.1) is 0 Å². The lowest BCUT2D eigenvalue weighted by atomic mass is 9.96. The van der Waals surface area contributed by atoms with Crippen LogP contribution in [-0.2, 0) is 6.42 Å². The number of ether oxygens (including phenoxy) is 2. The van der Waals surface area contributed by atoms with Crippen molar-refractivity contribution in [3.05, 3.63) is 48.0 Å². The highest BCUT2D eigenvalue weighted by Gasteiger charge is 2.18. The fourth-order valence-electron chi connectivity index (χ4n) is 3.45. The molecule has 0 fully saturated rings. The summed E-state index contributed by atoms with van der Waals surface area (Å²) in [5.41, 5.74) is 1.32. The molecule has 26 heavy (non-hydrogen) atoms. The fourth-order valence-corrected chi connectivity index (χ4v) is 3.45. The van der Waals surface area contributed by atoms with Gasteiger partial charge < -0.3 is 9.47 Å². The van der Waals surface area contributed by atoms with Gasteiger partial charge in [-0.2, -0.15) is 0 Å². The van der Waals surface area contributed by atoms with E-state index in [1.165, 1.54) is 16.3 Å². The highest BCUT2D eigenvalue weighted by atomic mass is 16.5. The molecule has 0 aliphatic carbocycles. The summed E-state index contributed by atoms with van der Waals surface area (Å²) in [5.74, 6) is 2.02. The summed E-state index contributed by atoms with van der Waals surface area (Å²) in [4.78, 5) is 0. The van der Waals surface area contributed by atoms with Gasteiger partial charge in [0, 0.05) is 21.5 Å². The Hall–Kier alpha value is -2.22. The zero-order valence-electron chi connectivity index (χ0n) is 16.3. The molecule has 0 aromatic heterocycles. The third kappa shape index (κ3) is 3.65. The van der Waals surface area contributed by atoms with Crippen molar-refractivity contribution < 1.29 is 9.47 Å². The van der Waals surface area contributed by atoms with E-state index in [-0.39, 0.29) is 0 Å². The van der Waals surface area contributed by atoms with E-state index >= 15 is 0 Å². The van der Waals surface area contributed by atoms with Crippen LogP contribution in [0.3, 0.4) is 0 Å². The quantitative estimate of drug-likeness (QED) is 0.308. The molecule has 0 aliphatic heterocycles. The standard InChI is InChI=1S/C24H30O2/c1-4-7-16-25-23-19-13-9-10-14-20(19)24(26-17-8-5-2)22-18(6-3)12-11-15-21(22)23/h9-15H,4-8,16-17H2,1-3H3. The third-order valence-electron chi connectivity index (χ3n) is 4.91. The van der Waals surface area contributed by atoms with E-state index in [9.17, 15) is 0 Å². The lowest BCUT2D eigenvalue weighted by molar-refractivity contribution is 0.311. The van der Waals surface area contributed by atoms with Crippen LogP contribution < -0.4 is 9.47 Å². The van der Waals surface area contributed by atoms with E-state index in [2.05, 4.69) is 63.2 Å². The predicted octanol–water partition coefficient (Wildman–Crippen LogP) is 6.91. The molecule has 0 radical (unpaired) electrons. The summed E-state index contributed by atoms with van der Waals surface area (Å²) in [6.45, 7) is 8.10. The Kier molecular flexibility index (Phi) is 6.38. The highest BCUT2D eigenvalue weighted by molar-refractivity contribution is 6.12. The number of aryl methyl sites for hydroxylation is 1. The Labute approximate surface area is 157 Å². The maximum Gasteiger partial charge on any atom is 0.135 e. The van der Waals surface area contributed by atoms with E-state index < -0.39 is 0 Å². The van der Waals surface area contributed by atoms with Gasteiger partial charge in [0.15, 0.2) is 0 Å². The molecule has 2 heteroatoms. The summed E-state index contributed by atoms with van der Waals surface area (Å²) < 4.78 is 12.6. The van der Waals surface area contributed by atoms with Crippen molar-refractivity contribution in [2.75, 3.05) is 13.2 Å². The number of hydrogen-bond acceptors (Lipinski definition) is 2. The van der Waals surface area contributed by atoms with Crippen LogP contribution in [-0.4, -0.2) is 13.2 Å². The number of unbranched alkanes of at least 4 members (excludes halogenated alkanes) is 2. The average Bonchev–Trinajstić information content (AvgIpc) is 2.69. The molecule has 0 spiro atoms. The van der Waals surface area contributed by atoms with E-state index in [1.54, 1.807) is 0 Å². The molecule has 0 aliphatic rings. The number of fused-ring (bicyclic) bond motifs is 2. The first kappa shape index (κ1) is 18.6. The minimum absolute atomic E-state index is 0.752. The molecular formula is C24H30O2. The van der Waals surface area contributed by atoms with Gasteiger partial charge >= 0.3 is 0 Å². The summed E-state index contributed by atoms with van der Waals surface area (Å²) >= 11 is 0. The van der Waals surface area contributed by atoms with Gasteiger partial charge in [0.05, 0.1) is 13.2 Å². The molecule has 0 atom stereocenters. The summed E-state index contributed by atoms with van der Waals surface area (Å²) in [5, 5.41) is 4.70. The molecule has 3 aromatic carbocycles. The normalized spacial score (nSPS) is 11.2. The molecule has 0 saturated heterocycles. The van der Waals surface area contributed by atoms with Crippen LogP contribution in [0.15, 0.2) is 42.5 Å². The topological polar surface area (TPSA) is 18.5 Å². The van der Waals surface area contributed by atoms with Crippen LogP contribution in [0, 0.1) is 0 Å². The molecule has 138 valence electrons. The van der Waals surface area contributed by atoms with E-state index in [4.69, 9.17) is 9.47 Å². The van der Waals surface area contributed by atoms with Gasteiger partial charge in [-0.3, -0.25) is 0 Å². The lowest BCUT2D eigenvalue weighted by Gasteiger charge is -2.19. The van der Waals surface area contributed by atoms with Gasteiger partial charge in [-0.05, 0) is 24.8 Å².